The average Bonchev–Trinajstić information content (AvgIpc) is 1.08. The van der Waals surface area contributed by atoms with Gasteiger partial charge in [-0.3, -0.25) is 4.98 Å². The molecule has 0 saturated heterocycles. The van der Waals surface area contributed by atoms with Gasteiger partial charge in [-0.15, -0.1) is 0 Å². The van der Waals surface area contributed by atoms with E-state index < -0.39 is 0 Å². The van der Waals surface area contributed by atoms with Crippen LogP contribution in [0.1, 0.15) is 11.1 Å². The molecule has 0 atom stereocenters. The summed E-state index contributed by atoms with van der Waals surface area (Å²) in [6.45, 7) is 4.37. The summed E-state index contributed by atoms with van der Waals surface area (Å²) in [4.78, 5) is 13.5. The molecule has 130 heavy (non-hydrogen) atoms. The summed E-state index contributed by atoms with van der Waals surface area (Å²) in [5.41, 5.74) is 27.6. The Balaban J connectivity index is 0.000000140. The van der Waals surface area contributed by atoms with Crippen LogP contribution >= 0.6 is 0 Å². The Hall–Kier alpha value is -17.3. The molecule has 9 nitrogen and oxygen atoms in total. The van der Waals surface area contributed by atoms with E-state index in [4.69, 9.17) is 18.3 Å². The standard InChI is InChI=1S/C62H42N2O2.C59H37N3O2/c1-39-16-6-11-25-55(39)64(56-26-12-7-17-40(56)2)43-32-30-41(31-33-43)51-37-53-49-23-15-29-59-61(49)54(38-52(53)46-21-9-8-20-45(46)51)48-35-34-44(36-60(48)65-59)63(42-18-4-3-5-19-42)57-27-14-24-50-47-22-10-13-28-58(47)66-62(50)57;1-3-13-39(14-4-1)61(42-31-33-60-34-32-42)41-27-25-38(26-28-41)50-36-52-48-20-12-24-56-58(48)53(37-51(52)45-18-8-7-17-44(45)50)47-30-29-43(35-57(47)63-56)62(40-15-5-2-6-16-40)54-22-11-21-49-46-19-9-10-23-55(46)64-59(49)54/h3-38H,1-2H3;1-37H. The molecule has 0 aliphatic carbocycles. The second-order valence-corrected chi connectivity index (χ2v) is 33.6. The minimum atomic E-state index is 0.812. The van der Waals surface area contributed by atoms with Crippen LogP contribution in [-0.2, 0) is 0 Å². The van der Waals surface area contributed by atoms with Gasteiger partial charge in [0.15, 0.2) is 11.2 Å². The summed E-state index contributed by atoms with van der Waals surface area (Å²) in [5.74, 6) is 3.33. The fourth-order valence-electron chi connectivity index (χ4n) is 20.2. The highest BCUT2D eigenvalue weighted by Crippen LogP contribution is 2.57. The van der Waals surface area contributed by atoms with Gasteiger partial charge in [0.25, 0.3) is 0 Å². The van der Waals surface area contributed by atoms with E-state index in [0.717, 1.165) is 157 Å². The van der Waals surface area contributed by atoms with E-state index in [9.17, 15) is 0 Å². The van der Waals surface area contributed by atoms with Crippen LogP contribution in [0.25, 0.3) is 153 Å². The molecule has 5 heterocycles. The van der Waals surface area contributed by atoms with Crippen molar-refractivity contribution in [1.29, 1.82) is 0 Å². The SMILES string of the molecule is Cc1ccccc1N(c1ccc(-c2cc3c4cccc5c4c(cc3c3ccccc23)-c2ccc(N(c3ccccc3)c3cccc4c3oc3ccccc34)cc2O5)cc1)c1ccccc1C.c1ccc(N(c2ccncc2)c2ccc(-c3cc4c5cccc6c5c(cc4c4ccccc34)-c3ccc(N(c4ccccc4)c4cccc5c4oc4ccccc45)cc3O6)cc2)cc1. The molecule has 21 aromatic carbocycles. The molecule has 0 radical (unpaired) electrons. The molecular weight excluding hydrogens is 1590 g/mol. The number of benzene rings is 21. The zero-order chi connectivity index (χ0) is 86.0. The molecule has 612 valence electrons. The number of hydrogen-bond donors (Lipinski definition) is 0. The van der Waals surface area contributed by atoms with Crippen molar-refractivity contribution in [1.82, 2.24) is 4.98 Å². The first-order chi connectivity index (χ1) is 64.3. The fourth-order valence-corrected chi connectivity index (χ4v) is 20.2. The van der Waals surface area contributed by atoms with Gasteiger partial charge < -0.3 is 37.9 Å². The van der Waals surface area contributed by atoms with Crippen LogP contribution in [-0.4, -0.2) is 4.98 Å². The van der Waals surface area contributed by atoms with Crippen LogP contribution in [0, 0.1) is 13.8 Å². The van der Waals surface area contributed by atoms with Crippen molar-refractivity contribution in [2.45, 2.75) is 13.8 Å². The minimum absolute atomic E-state index is 0.812. The first kappa shape index (κ1) is 75.3. The van der Waals surface area contributed by atoms with Crippen LogP contribution in [0.2, 0.25) is 0 Å². The number of hydrogen-bond acceptors (Lipinski definition) is 9. The number of pyridine rings is 1. The van der Waals surface area contributed by atoms with Crippen molar-refractivity contribution in [3.05, 3.63) is 454 Å². The zero-order valence-corrected chi connectivity index (χ0v) is 71.0. The van der Waals surface area contributed by atoms with Crippen LogP contribution < -0.4 is 29.1 Å². The monoisotopic (exact) mass is 1670 g/mol. The number of aryl methyl sites for hydroxylation is 2. The van der Waals surface area contributed by atoms with E-state index in [1.54, 1.807) is 0 Å². The van der Waals surface area contributed by atoms with Gasteiger partial charge in [0.1, 0.15) is 34.2 Å². The van der Waals surface area contributed by atoms with Crippen LogP contribution in [0.5, 0.6) is 23.0 Å². The number of nitrogens with zero attached hydrogens (tertiary/aromatic N) is 5. The lowest BCUT2D eigenvalue weighted by Gasteiger charge is -2.28. The maximum atomic E-state index is 6.97. The smallest absolute Gasteiger partial charge is 0.159 e. The van der Waals surface area contributed by atoms with E-state index in [2.05, 4.69) is 427 Å². The Morgan fingerprint density at radius 1 is 0.192 bits per heavy atom. The van der Waals surface area contributed by atoms with Gasteiger partial charge in [0, 0.05) is 113 Å². The number of ether oxygens (including phenoxy) is 2. The lowest BCUT2D eigenvalue weighted by Crippen LogP contribution is -2.12. The predicted octanol–water partition coefficient (Wildman–Crippen LogP) is 34.9. The number of fused-ring (bicyclic) bond motifs is 18. The molecule has 3 aromatic heterocycles. The summed E-state index contributed by atoms with van der Waals surface area (Å²) in [6.07, 6.45) is 3.68. The first-order valence-electron chi connectivity index (χ1n) is 44.2. The Morgan fingerprint density at radius 3 is 0.962 bits per heavy atom. The third kappa shape index (κ3) is 12.5. The summed E-state index contributed by atoms with van der Waals surface area (Å²) in [6, 6.07) is 153. The molecule has 0 spiro atoms. The normalized spacial score (nSPS) is 11.9. The maximum Gasteiger partial charge on any atom is 0.159 e. The summed E-state index contributed by atoms with van der Waals surface area (Å²) in [5, 5.41) is 18.6. The fraction of sp³-hybridized carbons (Fsp3) is 0.0165. The Morgan fingerprint density at radius 2 is 0.515 bits per heavy atom. The van der Waals surface area contributed by atoms with Gasteiger partial charge in [0.05, 0.1) is 22.7 Å². The highest BCUT2D eigenvalue weighted by atomic mass is 16.5. The molecule has 26 rings (SSSR count). The van der Waals surface area contributed by atoms with Gasteiger partial charge in [-0.2, -0.15) is 0 Å². The lowest BCUT2D eigenvalue weighted by atomic mass is 9.86. The maximum absolute atomic E-state index is 6.97. The molecule has 0 fully saturated rings. The van der Waals surface area contributed by atoms with E-state index in [1.165, 1.54) is 98.6 Å². The van der Waals surface area contributed by atoms with Gasteiger partial charge in [0.2, 0.25) is 0 Å². The van der Waals surface area contributed by atoms with Crippen molar-refractivity contribution in [2.75, 3.05) is 19.6 Å². The van der Waals surface area contributed by atoms with Crippen molar-refractivity contribution < 1.29 is 18.3 Å². The molecule has 2 aliphatic rings. The first-order valence-corrected chi connectivity index (χ1v) is 44.2. The highest BCUT2D eigenvalue weighted by Gasteiger charge is 2.31. The molecule has 0 bridgehead atoms. The highest BCUT2D eigenvalue weighted by molar-refractivity contribution is 6.28. The molecule has 9 heteroatoms. The summed E-state index contributed by atoms with van der Waals surface area (Å²) < 4.78 is 27.1. The van der Waals surface area contributed by atoms with Gasteiger partial charge >= 0.3 is 0 Å². The quantitative estimate of drug-likeness (QED) is 0.0990. The molecule has 0 unspecified atom stereocenters. The van der Waals surface area contributed by atoms with Gasteiger partial charge in [-0.1, -0.05) is 249 Å². The largest absolute Gasteiger partial charge is 0.456 e. The van der Waals surface area contributed by atoms with Crippen molar-refractivity contribution in [3.63, 3.8) is 0 Å². The molecule has 24 aromatic rings. The summed E-state index contributed by atoms with van der Waals surface area (Å²) >= 11 is 0. The van der Waals surface area contributed by atoms with Gasteiger partial charge in [-0.05, 0) is 282 Å². The molecular formula is C121H79N5O4. The van der Waals surface area contributed by atoms with Crippen LogP contribution in [0.15, 0.2) is 452 Å². The Labute approximate surface area is 750 Å². The third-order valence-corrected chi connectivity index (χ3v) is 26.2. The predicted molar refractivity (Wildman–Crippen MR) is 540 cm³/mol. The number of furan rings is 2. The van der Waals surface area contributed by atoms with Crippen LogP contribution in [0.3, 0.4) is 0 Å². The van der Waals surface area contributed by atoms with Crippen molar-refractivity contribution >= 4 is 177 Å². The topological polar surface area (TPSA) is 70.6 Å². The average molecular weight is 1670 g/mol. The lowest BCUT2D eigenvalue weighted by molar-refractivity contribution is 0.487. The molecule has 0 N–H and O–H groups in total. The summed E-state index contributed by atoms with van der Waals surface area (Å²) in [7, 11) is 0. The van der Waals surface area contributed by atoms with Crippen LogP contribution in [0.4, 0.5) is 68.2 Å². The number of rotatable bonds is 14. The molecule has 0 amide bonds. The van der Waals surface area contributed by atoms with E-state index in [-0.39, 0.29) is 0 Å². The van der Waals surface area contributed by atoms with Crippen molar-refractivity contribution in [2.24, 2.45) is 0 Å². The number of aromatic nitrogens is 1. The zero-order valence-electron chi connectivity index (χ0n) is 71.0. The van der Waals surface area contributed by atoms with E-state index in [1.807, 2.05) is 54.9 Å². The van der Waals surface area contributed by atoms with Crippen molar-refractivity contribution in [3.8, 4) is 67.5 Å². The van der Waals surface area contributed by atoms with E-state index in [0.29, 0.717) is 0 Å². The molecule has 2 aliphatic heterocycles. The minimum Gasteiger partial charge on any atom is -0.456 e. The Bertz CT molecular complexity index is 8570. The second-order valence-electron chi connectivity index (χ2n) is 33.6. The Kier molecular flexibility index (Phi) is 17.9. The van der Waals surface area contributed by atoms with Gasteiger partial charge in [-0.25, -0.2) is 0 Å². The second kappa shape index (κ2) is 30.8. The third-order valence-electron chi connectivity index (χ3n) is 26.2. The number of anilines is 12. The van der Waals surface area contributed by atoms with E-state index >= 15 is 0 Å². The number of para-hydroxylation sites is 9. The molecule has 0 saturated carbocycles.